The fraction of sp³-hybridized carbons (Fsp3) is 0.188. The SMILES string of the molecule is CC(=O)Nc1ccc(Cc2ccc(C)cc2)cc1. The average Bonchev–Trinajstić information content (AvgIpc) is 2.34. The second kappa shape index (κ2) is 5.50. The number of carbonyl (C=O) groups excluding carboxylic acids is 1. The summed E-state index contributed by atoms with van der Waals surface area (Å²) in [6.45, 7) is 3.60. The number of anilines is 1. The molecule has 0 bridgehead atoms. The third-order valence-corrected chi connectivity index (χ3v) is 2.80. The molecule has 0 radical (unpaired) electrons. The average molecular weight is 239 g/mol. The van der Waals surface area contributed by atoms with Gasteiger partial charge in [0, 0.05) is 12.6 Å². The Balaban J connectivity index is 2.06. The van der Waals surface area contributed by atoms with Crippen molar-refractivity contribution in [3.63, 3.8) is 0 Å². The first kappa shape index (κ1) is 12.4. The third kappa shape index (κ3) is 3.45. The summed E-state index contributed by atoms with van der Waals surface area (Å²) in [6.07, 6.45) is 0.917. The van der Waals surface area contributed by atoms with Gasteiger partial charge in [-0.1, -0.05) is 42.0 Å². The maximum absolute atomic E-state index is 10.9. The fourth-order valence-electron chi connectivity index (χ4n) is 1.85. The van der Waals surface area contributed by atoms with Gasteiger partial charge >= 0.3 is 0 Å². The Labute approximate surface area is 108 Å². The van der Waals surface area contributed by atoms with E-state index in [0.717, 1.165) is 12.1 Å². The van der Waals surface area contributed by atoms with E-state index in [4.69, 9.17) is 0 Å². The summed E-state index contributed by atoms with van der Waals surface area (Å²) in [6, 6.07) is 16.5. The molecule has 0 unspecified atom stereocenters. The van der Waals surface area contributed by atoms with Crippen molar-refractivity contribution < 1.29 is 4.79 Å². The maximum Gasteiger partial charge on any atom is 0.221 e. The minimum absolute atomic E-state index is 0.0405. The fourth-order valence-corrected chi connectivity index (χ4v) is 1.85. The van der Waals surface area contributed by atoms with E-state index in [0.29, 0.717) is 0 Å². The summed E-state index contributed by atoms with van der Waals surface area (Å²) in [5, 5.41) is 2.76. The number of aryl methyl sites for hydroxylation is 1. The maximum atomic E-state index is 10.9. The lowest BCUT2D eigenvalue weighted by Crippen LogP contribution is -2.05. The van der Waals surface area contributed by atoms with E-state index in [1.165, 1.54) is 23.6 Å². The molecule has 2 aromatic carbocycles. The van der Waals surface area contributed by atoms with Crippen molar-refractivity contribution >= 4 is 11.6 Å². The van der Waals surface area contributed by atoms with Gasteiger partial charge in [0.25, 0.3) is 0 Å². The van der Waals surface area contributed by atoms with Crippen molar-refractivity contribution in [3.8, 4) is 0 Å². The van der Waals surface area contributed by atoms with Crippen molar-refractivity contribution in [1.82, 2.24) is 0 Å². The molecule has 18 heavy (non-hydrogen) atoms. The van der Waals surface area contributed by atoms with Gasteiger partial charge in [-0.3, -0.25) is 4.79 Å². The van der Waals surface area contributed by atoms with Crippen LogP contribution in [0.25, 0.3) is 0 Å². The van der Waals surface area contributed by atoms with Crippen LogP contribution < -0.4 is 5.32 Å². The Morgan fingerprint density at radius 1 is 0.944 bits per heavy atom. The van der Waals surface area contributed by atoms with Gasteiger partial charge in [0.05, 0.1) is 0 Å². The van der Waals surface area contributed by atoms with Crippen molar-refractivity contribution in [2.45, 2.75) is 20.3 Å². The lowest BCUT2D eigenvalue weighted by molar-refractivity contribution is -0.114. The Morgan fingerprint density at radius 3 is 1.94 bits per heavy atom. The molecule has 2 nitrogen and oxygen atoms in total. The molecular formula is C16H17NO. The largest absolute Gasteiger partial charge is 0.326 e. The van der Waals surface area contributed by atoms with E-state index in [1.54, 1.807) is 0 Å². The minimum Gasteiger partial charge on any atom is -0.326 e. The molecule has 0 saturated carbocycles. The van der Waals surface area contributed by atoms with E-state index in [1.807, 2.05) is 24.3 Å². The Morgan fingerprint density at radius 2 is 1.44 bits per heavy atom. The van der Waals surface area contributed by atoms with Gasteiger partial charge in [-0.05, 0) is 36.6 Å². The predicted octanol–water partition coefficient (Wildman–Crippen LogP) is 3.54. The molecule has 0 aliphatic rings. The molecule has 0 fully saturated rings. The van der Waals surface area contributed by atoms with Crippen LogP contribution in [0, 0.1) is 6.92 Å². The lowest BCUT2D eigenvalue weighted by Gasteiger charge is -2.05. The number of amides is 1. The van der Waals surface area contributed by atoms with E-state index >= 15 is 0 Å². The highest BCUT2D eigenvalue weighted by molar-refractivity contribution is 5.88. The van der Waals surface area contributed by atoms with Gasteiger partial charge in [0.2, 0.25) is 5.91 Å². The molecule has 0 heterocycles. The van der Waals surface area contributed by atoms with E-state index in [2.05, 4.69) is 36.5 Å². The normalized spacial score (nSPS) is 10.1. The van der Waals surface area contributed by atoms with Gasteiger partial charge in [0.15, 0.2) is 0 Å². The highest BCUT2D eigenvalue weighted by Gasteiger charge is 1.98. The molecule has 0 atom stereocenters. The molecule has 92 valence electrons. The first-order valence-corrected chi connectivity index (χ1v) is 6.05. The highest BCUT2D eigenvalue weighted by atomic mass is 16.1. The Kier molecular flexibility index (Phi) is 3.78. The number of hydrogen-bond acceptors (Lipinski definition) is 1. The molecular weight excluding hydrogens is 222 g/mol. The Hall–Kier alpha value is -2.09. The zero-order valence-electron chi connectivity index (χ0n) is 10.7. The summed E-state index contributed by atoms with van der Waals surface area (Å²) in [5.41, 5.74) is 4.66. The predicted molar refractivity (Wildman–Crippen MR) is 74.7 cm³/mol. The quantitative estimate of drug-likeness (QED) is 0.872. The van der Waals surface area contributed by atoms with Crippen LogP contribution in [-0.4, -0.2) is 5.91 Å². The topological polar surface area (TPSA) is 29.1 Å². The van der Waals surface area contributed by atoms with Gasteiger partial charge in [-0.25, -0.2) is 0 Å². The summed E-state index contributed by atoms with van der Waals surface area (Å²) in [7, 11) is 0. The molecule has 1 amide bonds. The van der Waals surface area contributed by atoms with Gasteiger partial charge in [-0.2, -0.15) is 0 Å². The van der Waals surface area contributed by atoms with Gasteiger partial charge in [-0.15, -0.1) is 0 Å². The summed E-state index contributed by atoms with van der Waals surface area (Å²) in [5.74, 6) is -0.0405. The smallest absolute Gasteiger partial charge is 0.221 e. The number of nitrogens with one attached hydrogen (secondary N) is 1. The van der Waals surface area contributed by atoms with Crippen LogP contribution in [0.4, 0.5) is 5.69 Å². The molecule has 0 aromatic heterocycles. The highest BCUT2D eigenvalue weighted by Crippen LogP contribution is 2.14. The zero-order chi connectivity index (χ0) is 13.0. The Bertz CT molecular complexity index is 526. The molecule has 2 aromatic rings. The second-order valence-corrected chi connectivity index (χ2v) is 4.54. The van der Waals surface area contributed by atoms with E-state index < -0.39 is 0 Å². The summed E-state index contributed by atoms with van der Waals surface area (Å²) in [4.78, 5) is 10.9. The molecule has 0 aliphatic carbocycles. The monoisotopic (exact) mass is 239 g/mol. The van der Waals surface area contributed by atoms with Crippen molar-refractivity contribution in [2.24, 2.45) is 0 Å². The van der Waals surface area contributed by atoms with Gasteiger partial charge in [0.1, 0.15) is 0 Å². The first-order chi connectivity index (χ1) is 8.63. The van der Waals surface area contributed by atoms with Crippen LogP contribution in [0.1, 0.15) is 23.6 Å². The molecule has 0 aliphatic heterocycles. The van der Waals surface area contributed by atoms with Crippen LogP contribution in [0.2, 0.25) is 0 Å². The number of benzene rings is 2. The van der Waals surface area contributed by atoms with Gasteiger partial charge < -0.3 is 5.32 Å². The van der Waals surface area contributed by atoms with E-state index in [-0.39, 0.29) is 5.91 Å². The summed E-state index contributed by atoms with van der Waals surface area (Å²) < 4.78 is 0. The van der Waals surface area contributed by atoms with Crippen molar-refractivity contribution in [2.75, 3.05) is 5.32 Å². The van der Waals surface area contributed by atoms with Crippen LogP contribution in [0.5, 0.6) is 0 Å². The van der Waals surface area contributed by atoms with Crippen molar-refractivity contribution in [1.29, 1.82) is 0 Å². The molecule has 0 spiro atoms. The number of carbonyl (C=O) groups is 1. The number of rotatable bonds is 3. The zero-order valence-corrected chi connectivity index (χ0v) is 10.7. The standard InChI is InChI=1S/C16H17NO/c1-12-3-5-14(6-4-12)11-15-7-9-16(10-8-15)17-13(2)18/h3-10H,11H2,1-2H3,(H,17,18). The molecule has 2 rings (SSSR count). The number of hydrogen-bond donors (Lipinski definition) is 1. The van der Waals surface area contributed by atoms with Crippen LogP contribution in [0.15, 0.2) is 48.5 Å². The van der Waals surface area contributed by atoms with Crippen molar-refractivity contribution in [3.05, 3.63) is 65.2 Å². The second-order valence-electron chi connectivity index (χ2n) is 4.54. The third-order valence-electron chi connectivity index (χ3n) is 2.80. The van der Waals surface area contributed by atoms with E-state index in [9.17, 15) is 4.79 Å². The molecule has 1 N–H and O–H groups in total. The molecule has 0 saturated heterocycles. The van der Waals surface area contributed by atoms with Crippen LogP contribution >= 0.6 is 0 Å². The van der Waals surface area contributed by atoms with Crippen LogP contribution in [-0.2, 0) is 11.2 Å². The molecule has 2 heteroatoms. The van der Waals surface area contributed by atoms with Crippen LogP contribution in [0.3, 0.4) is 0 Å². The lowest BCUT2D eigenvalue weighted by atomic mass is 10.0. The minimum atomic E-state index is -0.0405. The summed E-state index contributed by atoms with van der Waals surface area (Å²) >= 11 is 0. The first-order valence-electron chi connectivity index (χ1n) is 6.05.